The van der Waals surface area contributed by atoms with Gasteiger partial charge in [-0.25, -0.2) is 0 Å². The van der Waals surface area contributed by atoms with Gasteiger partial charge in [-0.2, -0.15) is 0 Å². The number of halogens is 2. The van der Waals surface area contributed by atoms with E-state index in [1.807, 2.05) is 24.1 Å². The number of carbonyl (C=O) groups excluding carboxylic acids is 1. The lowest BCUT2D eigenvalue weighted by Crippen LogP contribution is -2.49. The molecule has 1 aromatic heterocycles. The predicted octanol–water partition coefficient (Wildman–Crippen LogP) is 3.22. The second-order valence-electron chi connectivity index (χ2n) is 5.65. The zero-order chi connectivity index (χ0) is 13.4. The Morgan fingerprint density at radius 2 is 2.05 bits per heavy atom. The largest absolute Gasteiger partial charge is 0.342 e. The molecule has 112 valence electrons. The number of thiophene rings is 1. The monoisotopic (exact) mass is 378 g/mol. The van der Waals surface area contributed by atoms with Gasteiger partial charge >= 0.3 is 0 Å². The lowest BCUT2D eigenvalue weighted by molar-refractivity contribution is -0.131. The van der Waals surface area contributed by atoms with Crippen molar-refractivity contribution in [2.24, 2.45) is 0 Å². The summed E-state index contributed by atoms with van der Waals surface area (Å²) in [4.78, 5) is 15.5. The number of nitrogens with zero attached hydrogens (tertiary/aromatic N) is 1. The predicted molar refractivity (Wildman–Crippen MR) is 88.7 cm³/mol. The van der Waals surface area contributed by atoms with Crippen LogP contribution in [0, 0.1) is 0 Å². The van der Waals surface area contributed by atoms with Crippen molar-refractivity contribution >= 4 is 45.6 Å². The van der Waals surface area contributed by atoms with Crippen LogP contribution in [0.1, 0.15) is 30.6 Å². The first-order valence-corrected chi connectivity index (χ1v) is 8.48. The third-order valence-corrected chi connectivity index (χ3v) is 5.97. The first-order chi connectivity index (χ1) is 9.11. The molecular formula is C14H20BrClN2OS. The summed E-state index contributed by atoms with van der Waals surface area (Å²) < 4.78 is 1.10. The second kappa shape index (κ2) is 6.77. The van der Waals surface area contributed by atoms with Crippen LogP contribution in [0.4, 0.5) is 0 Å². The summed E-state index contributed by atoms with van der Waals surface area (Å²) in [7, 11) is 1.97. The highest BCUT2D eigenvalue weighted by Crippen LogP contribution is 2.30. The second-order valence-corrected chi connectivity index (χ2v) is 8.20. The van der Waals surface area contributed by atoms with E-state index in [2.05, 4.69) is 21.2 Å². The van der Waals surface area contributed by atoms with E-state index in [9.17, 15) is 4.79 Å². The van der Waals surface area contributed by atoms with Gasteiger partial charge in [-0.3, -0.25) is 4.79 Å². The molecule has 0 radical (unpaired) electrons. The molecule has 0 aromatic carbocycles. The van der Waals surface area contributed by atoms with Gasteiger partial charge in [0.2, 0.25) is 5.91 Å². The molecule has 2 bridgehead atoms. The Morgan fingerprint density at radius 3 is 2.60 bits per heavy atom. The summed E-state index contributed by atoms with van der Waals surface area (Å²) in [5, 5.41) is 3.62. The van der Waals surface area contributed by atoms with Gasteiger partial charge in [-0.05, 0) is 53.7 Å². The molecule has 0 saturated carbocycles. The van der Waals surface area contributed by atoms with Crippen LogP contribution in [-0.2, 0) is 11.2 Å². The molecular weight excluding hydrogens is 360 g/mol. The standard InChI is InChI=1S/C14H19BrN2OS.ClH/c1-17(11-6-9-2-3-10(7-11)16-9)14(18)8-12-4-5-13(15)19-12;/h4-5,9-11,16H,2-3,6-8H2,1H3;1H. The van der Waals surface area contributed by atoms with Crippen molar-refractivity contribution in [3.63, 3.8) is 0 Å². The van der Waals surface area contributed by atoms with Gasteiger partial charge in [0.05, 0.1) is 10.2 Å². The molecule has 1 N–H and O–H groups in total. The molecule has 6 heteroatoms. The van der Waals surface area contributed by atoms with Gasteiger partial charge in [0.25, 0.3) is 0 Å². The van der Waals surface area contributed by atoms with Crippen LogP contribution in [0.5, 0.6) is 0 Å². The Morgan fingerprint density at radius 1 is 1.40 bits per heavy atom. The van der Waals surface area contributed by atoms with E-state index >= 15 is 0 Å². The number of nitrogens with one attached hydrogen (secondary N) is 1. The number of hydrogen-bond acceptors (Lipinski definition) is 3. The van der Waals surface area contributed by atoms with Crippen molar-refractivity contribution in [3.8, 4) is 0 Å². The van der Waals surface area contributed by atoms with Crippen LogP contribution in [0.3, 0.4) is 0 Å². The van der Waals surface area contributed by atoms with Crippen LogP contribution >= 0.6 is 39.7 Å². The number of likely N-dealkylation sites (N-methyl/N-ethyl adjacent to an activating group) is 1. The van der Waals surface area contributed by atoms with Gasteiger partial charge in [-0.15, -0.1) is 23.7 Å². The molecule has 2 saturated heterocycles. The normalized spacial score (nSPS) is 28.0. The smallest absolute Gasteiger partial charge is 0.227 e. The SMILES string of the molecule is CN(C(=O)Cc1ccc(Br)s1)C1CC2CCC(C1)N2.Cl. The fraction of sp³-hybridized carbons (Fsp3) is 0.643. The highest BCUT2D eigenvalue weighted by molar-refractivity contribution is 9.11. The average molecular weight is 380 g/mol. The summed E-state index contributed by atoms with van der Waals surface area (Å²) in [6.07, 6.45) is 5.33. The molecule has 3 rings (SSSR count). The van der Waals surface area contributed by atoms with E-state index in [-0.39, 0.29) is 18.3 Å². The molecule has 1 aromatic rings. The minimum atomic E-state index is 0. The van der Waals surface area contributed by atoms with Crippen molar-refractivity contribution in [1.29, 1.82) is 0 Å². The maximum atomic E-state index is 12.4. The van der Waals surface area contributed by atoms with Crippen LogP contribution in [0.25, 0.3) is 0 Å². The summed E-state index contributed by atoms with van der Waals surface area (Å²) in [6.45, 7) is 0. The van der Waals surface area contributed by atoms with E-state index in [0.29, 0.717) is 24.5 Å². The molecule has 20 heavy (non-hydrogen) atoms. The van der Waals surface area contributed by atoms with Crippen LogP contribution < -0.4 is 5.32 Å². The van der Waals surface area contributed by atoms with Gasteiger partial charge in [0.1, 0.15) is 0 Å². The topological polar surface area (TPSA) is 32.3 Å². The Bertz CT molecular complexity index is 469. The third kappa shape index (κ3) is 3.56. The third-order valence-electron chi connectivity index (χ3n) is 4.34. The van der Waals surface area contributed by atoms with Gasteiger partial charge < -0.3 is 10.2 Å². The molecule has 2 aliphatic rings. The number of fused-ring (bicyclic) bond motifs is 2. The van der Waals surface area contributed by atoms with E-state index in [0.717, 1.165) is 21.5 Å². The Balaban J connectivity index is 0.00000147. The zero-order valence-corrected chi connectivity index (χ0v) is 14.7. The highest BCUT2D eigenvalue weighted by atomic mass is 79.9. The van der Waals surface area contributed by atoms with E-state index < -0.39 is 0 Å². The summed E-state index contributed by atoms with van der Waals surface area (Å²) in [5.74, 6) is 0.251. The van der Waals surface area contributed by atoms with Crippen molar-refractivity contribution in [1.82, 2.24) is 10.2 Å². The van der Waals surface area contributed by atoms with E-state index in [1.165, 1.54) is 12.8 Å². The average Bonchev–Trinajstić information content (AvgIpc) is 2.94. The van der Waals surface area contributed by atoms with Crippen LogP contribution in [0.15, 0.2) is 15.9 Å². The van der Waals surface area contributed by atoms with Gasteiger partial charge in [0, 0.05) is 30.1 Å². The molecule has 2 atom stereocenters. The summed E-state index contributed by atoms with van der Waals surface area (Å²) >= 11 is 5.10. The molecule has 0 spiro atoms. The van der Waals surface area contributed by atoms with Crippen molar-refractivity contribution in [3.05, 3.63) is 20.8 Å². The fourth-order valence-corrected chi connectivity index (χ4v) is 4.74. The molecule has 2 unspecified atom stereocenters. The molecule has 0 aliphatic carbocycles. The van der Waals surface area contributed by atoms with Gasteiger partial charge in [-0.1, -0.05) is 0 Å². The van der Waals surface area contributed by atoms with Crippen LogP contribution in [0.2, 0.25) is 0 Å². The molecule has 2 aliphatic heterocycles. The summed E-state index contributed by atoms with van der Waals surface area (Å²) in [5.41, 5.74) is 0. The first-order valence-electron chi connectivity index (χ1n) is 6.88. The highest BCUT2D eigenvalue weighted by Gasteiger charge is 2.36. The number of piperidine rings is 1. The number of carbonyl (C=O) groups is 1. The zero-order valence-electron chi connectivity index (χ0n) is 11.5. The molecule has 3 heterocycles. The fourth-order valence-electron chi connectivity index (χ4n) is 3.27. The van der Waals surface area contributed by atoms with Crippen molar-refractivity contribution in [2.45, 2.75) is 50.2 Å². The van der Waals surface area contributed by atoms with Gasteiger partial charge in [0.15, 0.2) is 0 Å². The minimum absolute atomic E-state index is 0. The Labute approximate surface area is 138 Å². The van der Waals surface area contributed by atoms with Crippen molar-refractivity contribution in [2.75, 3.05) is 7.05 Å². The Kier molecular flexibility index (Phi) is 5.51. The first kappa shape index (κ1) is 16.3. The number of hydrogen-bond donors (Lipinski definition) is 1. The lowest BCUT2D eigenvalue weighted by Gasteiger charge is -2.35. The minimum Gasteiger partial charge on any atom is -0.342 e. The molecule has 3 nitrogen and oxygen atoms in total. The van der Waals surface area contributed by atoms with Crippen LogP contribution in [-0.4, -0.2) is 36.0 Å². The quantitative estimate of drug-likeness (QED) is 0.874. The number of amides is 1. The number of rotatable bonds is 3. The molecule has 1 amide bonds. The summed E-state index contributed by atoms with van der Waals surface area (Å²) in [6, 6.07) is 5.74. The lowest BCUT2D eigenvalue weighted by atomic mass is 9.98. The molecule has 2 fully saturated rings. The van der Waals surface area contributed by atoms with E-state index in [1.54, 1.807) is 11.3 Å². The van der Waals surface area contributed by atoms with Crippen molar-refractivity contribution < 1.29 is 4.79 Å². The maximum absolute atomic E-state index is 12.4. The Hall–Kier alpha value is -0.100. The maximum Gasteiger partial charge on any atom is 0.227 e. The van der Waals surface area contributed by atoms with E-state index in [4.69, 9.17) is 0 Å².